The number of rotatable bonds is 3. The first-order valence-corrected chi connectivity index (χ1v) is 7.60. The van der Waals surface area contributed by atoms with E-state index in [1.165, 1.54) is 17.2 Å². The smallest absolute Gasteiger partial charge is 0.136 e. The molecule has 0 bridgehead atoms. The molecule has 0 radical (unpaired) electrons. The molecular weight excluding hydrogens is 262 g/mol. The third-order valence-electron chi connectivity index (χ3n) is 4.67. The van der Waals surface area contributed by atoms with E-state index in [2.05, 4.69) is 28.9 Å². The topological polar surface area (TPSA) is 51.4 Å². The zero-order chi connectivity index (χ0) is 14.8. The van der Waals surface area contributed by atoms with Gasteiger partial charge in [-0.25, -0.2) is 4.98 Å². The predicted molar refractivity (Wildman–Crippen MR) is 86.8 cm³/mol. The fourth-order valence-corrected chi connectivity index (χ4v) is 3.17. The molecule has 2 atom stereocenters. The first kappa shape index (κ1) is 14.1. The summed E-state index contributed by atoms with van der Waals surface area (Å²) in [6.07, 6.45) is 3.06. The molecule has 0 spiro atoms. The number of aromatic nitrogens is 1. The average molecular weight is 285 g/mol. The Labute approximate surface area is 125 Å². The van der Waals surface area contributed by atoms with Gasteiger partial charge in [0.2, 0.25) is 0 Å². The molecule has 1 aromatic carbocycles. The number of hydrogen-bond acceptors (Lipinski definition) is 4. The molecule has 2 aromatic rings. The Morgan fingerprint density at radius 2 is 2.24 bits per heavy atom. The van der Waals surface area contributed by atoms with Gasteiger partial charge in [-0.1, -0.05) is 6.92 Å². The summed E-state index contributed by atoms with van der Waals surface area (Å²) in [7, 11) is 1.70. The Balaban J connectivity index is 1.96. The highest BCUT2D eigenvalue weighted by Gasteiger charge is 2.26. The van der Waals surface area contributed by atoms with Gasteiger partial charge < -0.3 is 15.4 Å². The molecule has 1 saturated heterocycles. The lowest BCUT2D eigenvalue weighted by molar-refractivity contribution is 0.307. The number of pyridine rings is 1. The molecule has 4 heteroatoms. The van der Waals surface area contributed by atoms with Crippen molar-refractivity contribution in [2.75, 3.05) is 31.6 Å². The molecule has 21 heavy (non-hydrogen) atoms. The van der Waals surface area contributed by atoms with Crippen molar-refractivity contribution in [2.24, 2.45) is 17.6 Å². The highest BCUT2D eigenvalue weighted by Crippen LogP contribution is 2.31. The normalized spacial score (nSPS) is 22.5. The predicted octanol–water partition coefficient (Wildman–Crippen LogP) is 2.66. The van der Waals surface area contributed by atoms with Crippen LogP contribution in [0.2, 0.25) is 0 Å². The van der Waals surface area contributed by atoms with Gasteiger partial charge in [0.25, 0.3) is 0 Å². The van der Waals surface area contributed by atoms with Crippen LogP contribution in [-0.4, -0.2) is 31.7 Å². The number of anilines is 1. The zero-order valence-corrected chi connectivity index (χ0v) is 12.7. The van der Waals surface area contributed by atoms with E-state index < -0.39 is 0 Å². The quantitative estimate of drug-likeness (QED) is 0.942. The molecule has 3 rings (SSSR count). The van der Waals surface area contributed by atoms with Crippen molar-refractivity contribution < 1.29 is 4.74 Å². The van der Waals surface area contributed by atoms with Gasteiger partial charge in [0, 0.05) is 24.7 Å². The summed E-state index contributed by atoms with van der Waals surface area (Å²) in [4.78, 5) is 7.01. The molecule has 0 aliphatic carbocycles. The lowest BCUT2D eigenvalue weighted by Gasteiger charge is -2.37. The van der Waals surface area contributed by atoms with Crippen molar-refractivity contribution in [3.8, 4) is 5.75 Å². The summed E-state index contributed by atoms with van der Waals surface area (Å²) >= 11 is 0. The zero-order valence-electron chi connectivity index (χ0n) is 12.7. The number of methoxy groups -OCH3 is 1. The number of nitrogens with zero attached hydrogens (tertiary/aromatic N) is 2. The van der Waals surface area contributed by atoms with Crippen molar-refractivity contribution in [1.82, 2.24) is 4.98 Å². The number of nitrogens with two attached hydrogens (primary N) is 1. The van der Waals surface area contributed by atoms with Crippen molar-refractivity contribution in [3.63, 3.8) is 0 Å². The molecule has 0 saturated carbocycles. The second-order valence-electron chi connectivity index (χ2n) is 5.93. The average Bonchev–Trinajstić information content (AvgIpc) is 2.54. The van der Waals surface area contributed by atoms with Crippen molar-refractivity contribution in [3.05, 3.63) is 30.5 Å². The minimum atomic E-state index is 0.550. The van der Waals surface area contributed by atoms with Crippen LogP contribution in [0.25, 0.3) is 10.8 Å². The van der Waals surface area contributed by atoms with Crippen LogP contribution in [0.3, 0.4) is 0 Å². The van der Waals surface area contributed by atoms with Crippen LogP contribution in [0.15, 0.2) is 30.5 Å². The van der Waals surface area contributed by atoms with Gasteiger partial charge in [-0.15, -0.1) is 0 Å². The molecule has 1 fully saturated rings. The Bertz CT molecular complexity index is 628. The summed E-state index contributed by atoms with van der Waals surface area (Å²) in [5.41, 5.74) is 5.92. The molecule has 2 heterocycles. The number of hydrogen-bond donors (Lipinski definition) is 1. The first-order valence-electron chi connectivity index (χ1n) is 7.60. The number of piperidine rings is 1. The van der Waals surface area contributed by atoms with E-state index in [9.17, 15) is 0 Å². The van der Waals surface area contributed by atoms with Gasteiger partial charge in [0.15, 0.2) is 0 Å². The molecule has 1 aliphatic rings. The van der Waals surface area contributed by atoms with Gasteiger partial charge in [-0.3, -0.25) is 0 Å². The Kier molecular flexibility index (Phi) is 3.97. The molecule has 2 N–H and O–H groups in total. The van der Waals surface area contributed by atoms with Gasteiger partial charge in [-0.2, -0.15) is 0 Å². The molecule has 1 aromatic heterocycles. The second-order valence-corrected chi connectivity index (χ2v) is 5.93. The third-order valence-corrected chi connectivity index (χ3v) is 4.67. The maximum absolute atomic E-state index is 5.92. The summed E-state index contributed by atoms with van der Waals surface area (Å²) in [6, 6.07) is 8.20. The number of ether oxygens (including phenoxy) is 1. The van der Waals surface area contributed by atoms with Crippen molar-refractivity contribution >= 4 is 16.6 Å². The summed E-state index contributed by atoms with van der Waals surface area (Å²) in [5.74, 6) is 3.20. The van der Waals surface area contributed by atoms with Crippen LogP contribution < -0.4 is 15.4 Å². The van der Waals surface area contributed by atoms with E-state index in [0.717, 1.165) is 31.2 Å². The van der Waals surface area contributed by atoms with Crippen LogP contribution in [-0.2, 0) is 0 Å². The van der Waals surface area contributed by atoms with Gasteiger partial charge in [-0.05, 0) is 54.5 Å². The second kappa shape index (κ2) is 5.90. The van der Waals surface area contributed by atoms with E-state index in [1.807, 2.05) is 18.3 Å². The van der Waals surface area contributed by atoms with Gasteiger partial charge >= 0.3 is 0 Å². The number of fused-ring (bicyclic) bond motifs is 1. The standard InChI is InChI=1S/C17H23N3O/c1-12-6-8-20(11-14(12)10-18)17-16-4-3-15(21-2)9-13(16)5-7-19-17/h3-5,7,9,12,14H,6,8,10-11,18H2,1-2H3. The van der Waals surface area contributed by atoms with E-state index in [1.54, 1.807) is 7.11 Å². The molecule has 2 unspecified atom stereocenters. The minimum absolute atomic E-state index is 0.550. The summed E-state index contributed by atoms with van der Waals surface area (Å²) in [6.45, 7) is 5.10. The van der Waals surface area contributed by atoms with Gasteiger partial charge in [0.05, 0.1) is 7.11 Å². The van der Waals surface area contributed by atoms with Crippen LogP contribution >= 0.6 is 0 Å². The SMILES string of the molecule is COc1ccc2c(N3CCC(C)C(CN)C3)nccc2c1. The molecule has 4 nitrogen and oxygen atoms in total. The van der Waals surface area contributed by atoms with E-state index in [0.29, 0.717) is 11.8 Å². The van der Waals surface area contributed by atoms with Crippen LogP contribution in [0.5, 0.6) is 5.75 Å². The molecule has 1 aliphatic heterocycles. The molecule has 0 amide bonds. The molecular formula is C17H23N3O. The van der Waals surface area contributed by atoms with E-state index in [-0.39, 0.29) is 0 Å². The largest absolute Gasteiger partial charge is 0.497 e. The lowest BCUT2D eigenvalue weighted by atomic mass is 9.87. The van der Waals surface area contributed by atoms with Crippen LogP contribution in [0.4, 0.5) is 5.82 Å². The highest BCUT2D eigenvalue weighted by molar-refractivity contribution is 5.93. The maximum atomic E-state index is 5.92. The highest BCUT2D eigenvalue weighted by atomic mass is 16.5. The Morgan fingerprint density at radius 1 is 1.38 bits per heavy atom. The van der Waals surface area contributed by atoms with E-state index in [4.69, 9.17) is 10.5 Å². The Morgan fingerprint density at radius 3 is 3.00 bits per heavy atom. The fourth-order valence-electron chi connectivity index (χ4n) is 3.17. The number of benzene rings is 1. The maximum Gasteiger partial charge on any atom is 0.136 e. The van der Waals surface area contributed by atoms with Crippen LogP contribution in [0, 0.1) is 11.8 Å². The third kappa shape index (κ3) is 2.68. The monoisotopic (exact) mass is 285 g/mol. The summed E-state index contributed by atoms with van der Waals surface area (Å²) < 4.78 is 5.31. The van der Waals surface area contributed by atoms with Crippen molar-refractivity contribution in [1.29, 1.82) is 0 Å². The van der Waals surface area contributed by atoms with E-state index >= 15 is 0 Å². The van der Waals surface area contributed by atoms with Gasteiger partial charge in [0.1, 0.15) is 11.6 Å². The molecule has 112 valence electrons. The van der Waals surface area contributed by atoms with Crippen LogP contribution in [0.1, 0.15) is 13.3 Å². The first-order chi connectivity index (χ1) is 10.2. The van der Waals surface area contributed by atoms with Crippen molar-refractivity contribution in [2.45, 2.75) is 13.3 Å². The fraction of sp³-hybridized carbons (Fsp3) is 0.471. The minimum Gasteiger partial charge on any atom is -0.497 e. The lowest BCUT2D eigenvalue weighted by Crippen LogP contribution is -2.43. The Hall–Kier alpha value is -1.81. The summed E-state index contributed by atoms with van der Waals surface area (Å²) in [5, 5.41) is 2.35.